The van der Waals surface area contributed by atoms with Crippen molar-refractivity contribution in [3.63, 3.8) is 0 Å². The molecule has 1 saturated heterocycles. The maximum absolute atomic E-state index is 13.2. The van der Waals surface area contributed by atoms with E-state index >= 15 is 0 Å². The van der Waals surface area contributed by atoms with Gasteiger partial charge in [-0.05, 0) is 42.7 Å². The van der Waals surface area contributed by atoms with E-state index in [4.69, 9.17) is 0 Å². The molecule has 0 radical (unpaired) electrons. The van der Waals surface area contributed by atoms with Crippen LogP contribution in [0.4, 0.5) is 5.69 Å². The minimum absolute atomic E-state index is 0.0147. The number of benzene rings is 2. The largest absolute Gasteiger partial charge is 0.383 e. The predicted molar refractivity (Wildman–Crippen MR) is 124 cm³/mol. The van der Waals surface area contributed by atoms with Crippen LogP contribution in [0.3, 0.4) is 0 Å². The van der Waals surface area contributed by atoms with E-state index in [1.807, 2.05) is 46.2 Å². The van der Waals surface area contributed by atoms with Crippen molar-refractivity contribution in [2.75, 3.05) is 38.0 Å². The number of nitrogens with one attached hydrogen (secondary N) is 2. The molecule has 0 bridgehead atoms. The Morgan fingerprint density at radius 2 is 1.73 bits per heavy atom. The molecule has 1 unspecified atom stereocenters. The van der Waals surface area contributed by atoms with E-state index < -0.39 is 0 Å². The third-order valence-electron chi connectivity index (χ3n) is 7.01. The molecule has 3 aromatic rings. The number of amides is 2. The van der Waals surface area contributed by atoms with Crippen LogP contribution in [0.5, 0.6) is 0 Å². The highest BCUT2D eigenvalue weighted by Gasteiger charge is 2.35. The normalized spacial score (nSPS) is 19.9. The Hall–Kier alpha value is -3.68. The average molecular weight is 444 g/mol. The summed E-state index contributed by atoms with van der Waals surface area (Å²) in [4.78, 5) is 41.5. The maximum atomic E-state index is 13.2. The zero-order valence-electron chi connectivity index (χ0n) is 18.2. The van der Waals surface area contributed by atoms with Crippen LogP contribution in [-0.2, 0) is 4.79 Å². The number of anilines is 1. The summed E-state index contributed by atoms with van der Waals surface area (Å²) in [5, 5.41) is 11.9. The second kappa shape index (κ2) is 7.72. The summed E-state index contributed by atoms with van der Waals surface area (Å²) in [6, 6.07) is 13.3. The van der Waals surface area contributed by atoms with Crippen LogP contribution >= 0.6 is 0 Å². The minimum Gasteiger partial charge on any atom is -0.383 e. The first-order valence-corrected chi connectivity index (χ1v) is 11.5. The highest BCUT2D eigenvalue weighted by Crippen LogP contribution is 2.36. The van der Waals surface area contributed by atoms with E-state index in [0.29, 0.717) is 43.7 Å². The Labute approximate surface area is 190 Å². The molecule has 1 saturated carbocycles. The molecule has 0 spiro atoms. The van der Waals surface area contributed by atoms with Crippen molar-refractivity contribution in [3.8, 4) is 0 Å². The van der Waals surface area contributed by atoms with Crippen LogP contribution in [0, 0.1) is 5.92 Å². The average Bonchev–Trinajstić information content (AvgIpc) is 3.71. The molecular formula is C25H25N5O3. The van der Waals surface area contributed by atoms with Gasteiger partial charge >= 0.3 is 0 Å². The highest BCUT2D eigenvalue weighted by molar-refractivity contribution is 5.97. The first-order valence-electron chi connectivity index (χ1n) is 11.5. The number of nitrogens with zero attached hydrogens (tertiary/aromatic N) is 3. The molecule has 6 rings (SSSR count). The van der Waals surface area contributed by atoms with Gasteiger partial charge in [0, 0.05) is 61.2 Å². The molecule has 2 amide bonds. The molecule has 1 aliphatic carbocycles. The van der Waals surface area contributed by atoms with Gasteiger partial charge in [-0.25, -0.2) is 5.10 Å². The van der Waals surface area contributed by atoms with Crippen molar-refractivity contribution in [1.82, 2.24) is 20.0 Å². The monoisotopic (exact) mass is 443 g/mol. The lowest BCUT2D eigenvalue weighted by Crippen LogP contribution is -2.51. The van der Waals surface area contributed by atoms with E-state index in [1.165, 1.54) is 0 Å². The molecule has 1 atom stereocenters. The number of piperazine rings is 1. The quantitative estimate of drug-likeness (QED) is 0.647. The first kappa shape index (κ1) is 20.0. The van der Waals surface area contributed by atoms with Gasteiger partial charge in [0.2, 0.25) is 5.91 Å². The molecule has 2 aliphatic heterocycles. The second-order valence-electron chi connectivity index (χ2n) is 9.12. The summed E-state index contributed by atoms with van der Waals surface area (Å²) >= 11 is 0. The summed E-state index contributed by atoms with van der Waals surface area (Å²) in [7, 11) is 0. The lowest BCUT2D eigenvalue weighted by Gasteiger charge is -2.35. The van der Waals surface area contributed by atoms with E-state index in [2.05, 4.69) is 15.5 Å². The molecular weight excluding hydrogens is 418 g/mol. The van der Waals surface area contributed by atoms with Crippen molar-refractivity contribution in [2.24, 2.45) is 5.92 Å². The van der Waals surface area contributed by atoms with Crippen molar-refractivity contribution >= 4 is 28.3 Å². The number of aromatic nitrogens is 2. The number of hydrogen-bond acceptors (Lipinski definition) is 5. The van der Waals surface area contributed by atoms with Gasteiger partial charge in [-0.1, -0.05) is 18.2 Å². The van der Waals surface area contributed by atoms with Gasteiger partial charge in [-0.2, -0.15) is 5.10 Å². The van der Waals surface area contributed by atoms with Gasteiger partial charge in [0.05, 0.1) is 11.1 Å². The number of H-pyrrole nitrogens is 1. The third-order valence-corrected chi connectivity index (χ3v) is 7.01. The lowest BCUT2D eigenvalue weighted by atomic mass is 9.88. The van der Waals surface area contributed by atoms with Gasteiger partial charge in [-0.3, -0.25) is 14.4 Å². The second-order valence-corrected chi connectivity index (χ2v) is 9.12. The Balaban J connectivity index is 1.25. The van der Waals surface area contributed by atoms with Gasteiger partial charge in [0.1, 0.15) is 0 Å². The molecule has 1 aromatic heterocycles. The van der Waals surface area contributed by atoms with Crippen molar-refractivity contribution in [3.05, 3.63) is 69.6 Å². The number of aromatic amines is 1. The van der Waals surface area contributed by atoms with Crippen LogP contribution < -0.4 is 10.9 Å². The van der Waals surface area contributed by atoms with Gasteiger partial charge in [0.15, 0.2) is 0 Å². The number of rotatable bonds is 3. The standard InChI is InChI=1S/C25H25N5O3/c31-23-18-5-2-6-20-21(18)22(27-28-23)19(14-26-20)16-3-1-4-17(13-16)25(33)30-11-9-29(10-12-30)24(32)15-7-8-15/h1-6,13,15,19,26H,7-12,14H2,(H,28,31). The van der Waals surface area contributed by atoms with Gasteiger partial charge in [-0.15, -0.1) is 0 Å². The van der Waals surface area contributed by atoms with Gasteiger partial charge in [0.25, 0.3) is 11.5 Å². The number of carbonyl (C=O) groups is 2. The topological polar surface area (TPSA) is 98.4 Å². The Morgan fingerprint density at radius 1 is 0.970 bits per heavy atom. The minimum atomic E-state index is -0.207. The fraction of sp³-hybridized carbons (Fsp3) is 0.360. The van der Waals surface area contributed by atoms with Crippen molar-refractivity contribution in [2.45, 2.75) is 18.8 Å². The molecule has 8 heteroatoms. The fourth-order valence-corrected chi connectivity index (χ4v) is 5.02. The summed E-state index contributed by atoms with van der Waals surface area (Å²) in [6.07, 6.45) is 2.00. The molecule has 8 nitrogen and oxygen atoms in total. The first-order chi connectivity index (χ1) is 16.1. The summed E-state index contributed by atoms with van der Waals surface area (Å²) in [6.45, 7) is 2.95. The Morgan fingerprint density at radius 3 is 2.52 bits per heavy atom. The van der Waals surface area contributed by atoms with Crippen molar-refractivity contribution < 1.29 is 9.59 Å². The summed E-state index contributed by atoms with van der Waals surface area (Å²) in [5.41, 5.74) is 3.13. The van der Waals surface area contributed by atoms with E-state index in [0.717, 1.165) is 35.2 Å². The molecule has 2 fully saturated rings. The van der Waals surface area contributed by atoms with Crippen LogP contribution in [-0.4, -0.2) is 64.5 Å². The molecule has 3 heterocycles. The smallest absolute Gasteiger partial charge is 0.272 e. The predicted octanol–water partition coefficient (Wildman–Crippen LogP) is 2.17. The SMILES string of the molecule is O=C(c1cccc(C2CNc3cccc4c(=O)[nH]nc2c34)c1)N1CCN(C(=O)C2CC2)CC1. The van der Waals surface area contributed by atoms with E-state index in [-0.39, 0.29) is 29.2 Å². The highest BCUT2D eigenvalue weighted by atomic mass is 16.2. The lowest BCUT2D eigenvalue weighted by molar-refractivity contribution is -0.134. The van der Waals surface area contributed by atoms with Gasteiger partial charge < -0.3 is 15.1 Å². The van der Waals surface area contributed by atoms with Crippen LogP contribution in [0.15, 0.2) is 47.3 Å². The zero-order chi connectivity index (χ0) is 22.5. The van der Waals surface area contributed by atoms with Crippen LogP contribution in [0.25, 0.3) is 10.8 Å². The molecule has 2 aromatic carbocycles. The number of carbonyl (C=O) groups excluding carboxylic acids is 2. The van der Waals surface area contributed by atoms with E-state index in [1.54, 1.807) is 6.07 Å². The summed E-state index contributed by atoms with van der Waals surface area (Å²) < 4.78 is 0. The molecule has 2 N–H and O–H groups in total. The maximum Gasteiger partial charge on any atom is 0.272 e. The fourth-order valence-electron chi connectivity index (χ4n) is 5.02. The zero-order valence-corrected chi connectivity index (χ0v) is 18.2. The van der Waals surface area contributed by atoms with E-state index in [9.17, 15) is 14.4 Å². The molecule has 168 valence electrons. The van der Waals surface area contributed by atoms with Crippen molar-refractivity contribution in [1.29, 1.82) is 0 Å². The van der Waals surface area contributed by atoms with Crippen LogP contribution in [0.1, 0.15) is 40.4 Å². The Bertz CT molecular complexity index is 1320. The summed E-state index contributed by atoms with van der Waals surface area (Å²) in [5.74, 6) is 0.360. The Kier molecular flexibility index (Phi) is 4.67. The third kappa shape index (κ3) is 3.46. The molecule has 33 heavy (non-hydrogen) atoms. The van der Waals surface area contributed by atoms with Crippen LogP contribution in [0.2, 0.25) is 0 Å². The number of hydrogen-bond donors (Lipinski definition) is 2. The molecule has 3 aliphatic rings.